The Morgan fingerprint density at radius 2 is 1.91 bits per heavy atom. The Bertz CT molecular complexity index is 1320. The largest absolute Gasteiger partial charge is 0.435 e. The maximum Gasteiger partial charge on any atom is 0.435 e. The van der Waals surface area contributed by atoms with Crippen LogP contribution >= 0.6 is 27.3 Å². The van der Waals surface area contributed by atoms with Gasteiger partial charge in [-0.3, -0.25) is 9.48 Å². The van der Waals surface area contributed by atoms with Crippen molar-refractivity contribution in [2.45, 2.75) is 42.2 Å². The number of alkyl halides is 3. The van der Waals surface area contributed by atoms with Crippen LogP contribution in [0.4, 0.5) is 13.2 Å². The Morgan fingerprint density at radius 3 is 2.57 bits per heavy atom. The van der Waals surface area contributed by atoms with Crippen LogP contribution in [0.3, 0.4) is 0 Å². The third-order valence-corrected chi connectivity index (χ3v) is 9.63. The summed E-state index contributed by atoms with van der Waals surface area (Å²) in [5.74, 6) is -0.360. The number of aromatic nitrogens is 2. The van der Waals surface area contributed by atoms with E-state index in [2.05, 4.69) is 26.3 Å². The smallest absolute Gasteiger partial charge is 0.355 e. The molecule has 188 valence electrons. The molecule has 4 rings (SSSR count). The topological polar surface area (TPSA) is 84.3 Å². The van der Waals surface area contributed by atoms with Gasteiger partial charge in [-0.2, -0.15) is 22.6 Å². The molecular weight excluding hydrogens is 569 g/mol. The number of benzene rings is 1. The Balaban J connectivity index is 1.72. The molecular formula is C22H22BrF3N4O3S2. The average Bonchev–Trinajstić information content (AvgIpc) is 3.38. The van der Waals surface area contributed by atoms with E-state index in [0.29, 0.717) is 29.8 Å². The third-order valence-electron chi connectivity index (χ3n) is 5.67. The van der Waals surface area contributed by atoms with Gasteiger partial charge in [0.25, 0.3) is 10.0 Å². The van der Waals surface area contributed by atoms with Crippen LogP contribution in [0.1, 0.15) is 30.5 Å². The number of thiophene rings is 1. The molecule has 0 spiro atoms. The van der Waals surface area contributed by atoms with Gasteiger partial charge in [-0.25, -0.2) is 8.42 Å². The molecule has 35 heavy (non-hydrogen) atoms. The molecule has 1 atom stereocenters. The molecule has 0 aliphatic carbocycles. The van der Waals surface area contributed by atoms with Gasteiger partial charge in [-0.1, -0.05) is 28.1 Å². The quantitative estimate of drug-likeness (QED) is 0.447. The van der Waals surface area contributed by atoms with Gasteiger partial charge in [0.2, 0.25) is 5.91 Å². The van der Waals surface area contributed by atoms with Crippen LogP contribution in [-0.4, -0.2) is 41.0 Å². The molecule has 1 amide bonds. The fourth-order valence-electron chi connectivity index (χ4n) is 3.88. The summed E-state index contributed by atoms with van der Waals surface area (Å²) in [4.78, 5) is 13.1. The van der Waals surface area contributed by atoms with E-state index in [1.807, 2.05) is 0 Å². The van der Waals surface area contributed by atoms with E-state index in [1.165, 1.54) is 23.5 Å². The summed E-state index contributed by atoms with van der Waals surface area (Å²) in [5, 5.41) is 6.28. The number of nitrogens with one attached hydrogen (secondary N) is 1. The first-order chi connectivity index (χ1) is 16.5. The van der Waals surface area contributed by atoms with E-state index in [0.717, 1.165) is 33.0 Å². The van der Waals surface area contributed by atoms with Gasteiger partial charge in [0.05, 0.1) is 10.6 Å². The molecule has 0 bridgehead atoms. The molecule has 0 unspecified atom stereocenters. The Labute approximate surface area is 213 Å². The summed E-state index contributed by atoms with van der Waals surface area (Å²) in [6.45, 7) is 0.456. The van der Waals surface area contributed by atoms with E-state index in [9.17, 15) is 26.4 Å². The van der Waals surface area contributed by atoms with Crippen LogP contribution in [-0.2, 0) is 34.6 Å². The van der Waals surface area contributed by atoms with Crippen molar-refractivity contribution in [2.75, 3.05) is 6.54 Å². The number of carbonyl (C=O) groups is 1. The molecule has 1 N–H and O–H groups in total. The monoisotopic (exact) mass is 590 g/mol. The van der Waals surface area contributed by atoms with Crippen LogP contribution in [0.25, 0.3) is 10.6 Å². The predicted molar refractivity (Wildman–Crippen MR) is 129 cm³/mol. The lowest BCUT2D eigenvalue weighted by molar-refractivity contribution is -0.141. The van der Waals surface area contributed by atoms with Crippen molar-refractivity contribution in [3.63, 3.8) is 0 Å². The minimum atomic E-state index is -4.61. The summed E-state index contributed by atoms with van der Waals surface area (Å²) < 4.78 is 69.9. The summed E-state index contributed by atoms with van der Waals surface area (Å²) in [6.07, 6.45) is -2.81. The van der Waals surface area contributed by atoms with Gasteiger partial charge < -0.3 is 5.32 Å². The van der Waals surface area contributed by atoms with Gasteiger partial charge in [0.1, 0.15) is 10.3 Å². The van der Waals surface area contributed by atoms with Gasteiger partial charge in [0, 0.05) is 24.6 Å². The lowest BCUT2D eigenvalue weighted by atomic mass is 10.1. The molecule has 1 saturated heterocycles. The first kappa shape index (κ1) is 25.9. The SMILES string of the molecule is Cn1nc(C(F)(F)F)cc1-c1ccc(S(=O)(=O)N(Cc2ccc(Br)cc2)[C@@H]2CCCCNC2=O)s1. The fourth-order valence-corrected chi connectivity index (χ4v) is 7.23. The molecule has 1 aliphatic heterocycles. The number of sulfonamides is 1. The first-order valence-electron chi connectivity index (χ1n) is 10.7. The van der Waals surface area contributed by atoms with E-state index in [-0.39, 0.29) is 22.4 Å². The zero-order valence-corrected chi connectivity index (χ0v) is 21.8. The Kier molecular flexibility index (Phi) is 7.41. The highest BCUT2D eigenvalue weighted by Crippen LogP contribution is 2.37. The first-order valence-corrected chi connectivity index (χ1v) is 13.8. The minimum absolute atomic E-state index is 0.0230. The highest BCUT2D eigenvalue weighted by Gasteiger charge is 2.38. The average molecular weight is 591 g/mol. The molecule has 3 aromatic rings. The van der Waals surface area contributed by atoms with Crippen LogP contribution in [0.5, 0.6) is 0 Å². The summed E-state index contributed by atoms with van der Waals surface area (Å²) in [7, 11) is -2.78. The van der Waals surface area contributed by atoms with E-state index >= 15 is 0 Å². The normalized spacial score (nSPS) is 17.4. The zero-order valence-electron chi connectivity index (χ0n) is 18.5. The second-order valence-electron chi connectivity index (χ2n) is 8.13. The molecule has 1 aromatic carbocycles. The molecule has 0 saturated carbocycles. The van der Waals surface area contributed by atoms with Crippen molar-refractivity contribution in [1.82, 2.24) is 19.4 Å². The number of nitrogens with zero attached hydrogens (tertiary/aromatic N) is 3. The number of hydrogen-bond acceptors (Lipinski definition) is 5. The van der Waals surface area contributed by atoms with Crippen molar-refractivity contribution >= 4 is 43.2 Å². The van der Waals surface area contributed by atoms with Crippen molar-refractivity contribution in [3.8, 4) is 10.6 Å². The number of amides is 1. The van der Waals surface area contributed by atoms with E-state index < -0.39 is 27.9 Å². The van der Waals surface area contributed by atoms with Gasteiger partial charge in [0.15, 0.2) is 5.69 Å². The molecule has 2 aromatic heterocycles. The molecule has 1 aliphatic rings. The van der Waals surface area contributed by atoms with Gasteiger partial charge >= 0.3 is 6.18 Å². The Hall–Kier alpha value is -2.22. The number of aryl methyl sites for hydroxylation is 1. The lowest BCUT2D eigenvalue weighted by Gasteiger charge is -2.28. The molecule has 7 nitrogen and oxygen atoms in total. The second-order valence-corrected chi connectivity index (χ2v) is 12.3. The predicted octanol–water partition coefficient (Wildman–Crippen LogP) is 4.79. The molecule has 0 radical (unpaired) electrons. The molecule has 13 heteroatoms. The van der Waals surface area contributed by atoms with Crippen LogP contribution < -0.4 is 5.32 Å². The van der Waals surface area contributed by atoms with Gasteiger partial charge in [-0.15, -0.1) is 11.3 Å². The minimum Gasteiger partial charge on any atom is -0.355 e. The van der Waals surface area contributed by atoms with E-state index in [4.69, 9.17) is 0 Å². The van der Waals surface area contributed by atoms with Crippen molar-refractivity contribution < 1.29 is 26.4 Å². The summed E-state index contributed by atoms with van der Waals surface area (Å²) in [6, 6.07) is 9.93. The number of rotatable bonds is 6. The standard InChI is InChI=1S/C22H22BrF3N4O3S2/c1-29-17(12-19(28-29)22(24,25)26)18-9-10-20(34-18)35(32,33)30(13-14-5-7-15(23)8-6-14)16-4-2-3-11-27-21(16)31/h5-10,12,16H,2-4,11,13H2,1H3,(H,27,31)/t16-/m1/s1. The Morgan fingerprint density at radius 1 is 1.20 bits per heavy atom. The fraction of sp³-hybridized carbons (Fsp3) is 0.364. The number of hydrogen-bond donors (Lipinski definition) is 1. The van der Waals surface area contributed by atoms with Crippen LogP contribution in [0, 0.1) is 0 Å². The van der Waals surface area contributed by atoms with Crippen molar-refractivity contribution in [2.24, 2.45) is 7.05 Å². The molecule has 3 heterocycles. The second kappa shape index (κ2) is 10.0. The maximum absolute atomic E-state index is 13.8. The highest BCUT2D eigenvalue weighted by atomic mass is 79.9. The maximum atomic E-state index is 13.8. The van der Waals surface area contributed by atoms with Crippen molar-refractivity contribution in [1.29, 1.82) is 0 Å². The number of carbonyl (C=O) groups excluding carboxylic acids is 1. The molecule has 1 fully saturated rings. The summed E-state index contributed by atoms with van der Waals surface area (Å²) >= 11 is 4.20. The zero-order chi connectivity index (χ0) is 25.4. The number of halogens is 4. The lowest BCUT2D eigenvalue weighted by Crippen LogP contribution is -2.48. The third kappa shape index (κ3) is 5.63. The van der Waals surface area contributed by atoms with Crippen LogP contribution in [0.15, 0.2) is 51.1 Å². The van der Waals surface area contributed by atoms with E-state index in [1.54, 1.807) is 24.3 Å². The van der Waals surface area contributed by atoms with Crippen LogP contribution in [0.2, 0.25) is 0 Å². The van der Waals surface area contributed by atoms with Gasteiger partial charge in [-0.05, 0) is 55.2 Å². The van der Waals surface area contributed by atoms with Crippen molar-refractivity contribution in [3.05, 3.63) is 58.2 Å². The summed E-state index contributed by atoms with van der Waals surface area (Å²) in [5.41, 5.74) is -0.206. The highest BCUT2D eigenvalue weighted by molar-refractivity contribution is 9.10.